The molecule has 2 rings (SSSR count). The van der Waals surface area contributed by atoms with Crippen LogP contribution in [0.2, 0.25) is 5.02 Å². The molecule has 0 aliphatic rings. The summed E-state index contributed by atoms with van der Waals surface area (Å²) < 4.78 is 18.0. The van der Waals surface area contributed by atoms with Crippen LogP contribution in [0.1, 0.15) is 10.6 Å². The molecular weight excluding hydrogens is 358 g/mol. The van der Waals surface area contributed by atoms with Crippen LogP contribution in [-0.2, 0) is 0 Å². The number of furan rings is 1. The van der Waals surface area contributed by atoms with Crippen molar-refractivity contribution in [3.63, 3.8) is 0 Å². The summed E-state index contributed by atoms with van der Waals surface area (Å²) in [6.07, 6.45) is 0. The second-order valence-corrected chi connectivity index (χ2v) is 4.86. The first-order chi connectivity index (χ1) is 9.38. The highest BCUT2D eigenvalue weighted by atomic mass is 79.9. The van der Waals surface area contributed by atoms with Crippen LogP contribution >= 0.6 is 27.5 Å². The van der Waals surface area contributed by atoms with E-state index >= 15 is 0 Å². The number of amides is 1. The Balaban J connectivity index is 2.25. The molecule has 0 aliphatic carbocycles. The number of hydrogen-bond acceptors (Lipinski definition) is 4. The molecule has 0 spiro atoms. The Kier molecular flexibility index (Phi) is 4.05. The second-order valence-electron chi connectivity index (χ2n) is 3.59. The molecule has 9 heteroatoms. The molecule has 6 nitrogen and oxygen atoms in total. The van der Waals surface area contributed by atoms with Gasteiger partial charge in [0.2, 0.25) is 0 Å². The zero-order valence-corrected chi connectivity index (χ0v) is 11.9. The topological polar surface area (TPSA) is 85.4 Å². The van der Waals surface area contributed by atoms with Crippen molar-refractivity contribution >= 4 is 45.0 Å². The van der Waals surface area contributed by atoms with Gasteiger partial charge in [0.25, 0.3) is 5.91 Å². The molecule has 0 unspecified atom stereocenters. The molecule has 2 aromatic rings. The van der Waals surface area contributed by atoms with Crippen molar-refractivity contribution in [2.24, 2.45) is 0 Å². The fourth-order valence-corrected chi connectivity index (χ4v) is 2.28. The van der Waals surface area contributed by atoms with E-state index in [-0.39, 0.29) is 20.9 Å². The van der Waals surface area contributed by atoms with E-state index in [1.165, 1.54) is 0 Å². The van der Waals surface area contributed by atoms with Crippen LogP contribution in [-0.4, -0.2) is 10.8 Å². The second kappa shape index (κ2) is 5.59. The Labute approximate surface area is 124 Å². The van der Waals surface area contributed by atoms with Crippen LogP contribution in [0, 0.1) is 15.9 Å². The molecule has 1 aromatic carbocycles. The minimum atomic E-state index is -0.766. The summed E-state index contributed by atoms with van der Waals surface area (Å²) in [7, 11) is 0. The Morgan fingerprint density at radius 1 is 1.45 bits per heavy atom. The van der Waals surface area contributed by atoms with Crippen molar-refractivity contribution in [3.05, 3.63) is 55.5 Å². The van der Waals surface area contributed by atoms with Crippen molar-refractivity contribution < 1.29 is 18.5 Å². The lowest BCUT2D eigenvalue weighted by atomic mass is 10.3. The number of hydrogen-bond donors (Lipinski definition) is 1. The Hall–Kier alpha value is -1.93. The SMILES string of the molecule is O=C(Nc1c(Cl)cc(F)cc1Br)c1ccc([N+](=O)[O-])o1. The van der Waals surface area contributed by atoms with Crippen molar-refractivity contribution in [1.82, 2.24) is 0 Å². The minimum Gasteiger partial charge on any atom is -0.395 e. The average molecular weight is 364 g/mol. The van der Waals surface area contributed by atoms with E-state index < -0.39 is 22.5 Å². The van der Waals surface area contributed by atoms with Crippen molar-refractivity contribution in [2.45, 2.75) is 0 Å². The largest absolute Gasteiger partial charge is 0.433 e. The summed E-state index contributed by atoms with van der Waals surface area (Å²) in [5, 5.41) is 12.8. The lowest BCUT2D eigenvalue weighted by molar-refractivity contribution is -0.402. The number of nitrogens with zero attached hydrogens (tertiary/aromatic N) is 1. The highest BCUT2D eigenvalue weighted by Crippen LogP contribution is 2.32. The Morgan fingerprint density at radius 3 is 2.70 bits per heavy atom. The van der Waals surface area contributed by atoms with E-state index in [1.54, 1.807) is 0 Å². The summed E-state index contributed by atoms with van der Waals surface area (Å²) in [4.78, 5) is 21.5. The number of halogens is 3. The first-order valence-corrected chi connectivity index (χ1v) is 6.25. The van der Waals surface area contributed by atoms with E-state index in [9.17, 15) is 19.3 Å². The molecule has 20 heavy (non-hydrogen) atoms. The van der Waals surface area contributed by atoms with Gasteiger partial charge in [-0.15, -0.1) is 0 Å². The molecule has 1 heterocycles. The fraction of sp³-hybridized carbons (Fsp3) is 0. The molecule has 0 fully saturated rings. The normalized spacial score (nSPS) is 10.3. The van der Waals surface area contributed by atoms with E-state index in [0.29, 0.717) is 0 Å². The Morgan fingerprint density at radius 2 is 2.15 bits per heavy atom. The van der Waals surface area contributed by atoms with Gasteiger partial charge in [-0.1, -0.05) is 11.6 Å². The lowest BCUT2D eigenvalue weighted by Gasteiger charge is -2.08. The van der Waals surface area contributed by atoms with Gasteiger partial charge >= 0.3 is 5.88 Å². The standard InChI is InChI=1S/C11H5BrClFN2O4/c12-6-3-5(14)4-7(13)10(6)15-11(17)8-1-2-9(20-8)16(18)19/h1-4H,(H,15,17). The predicted octanol–water partition coefficient (Wildman–Crippen LogP) is 4.00. The molecule has 0 bridgehead atoms. The molecule has 1 N–H and O–H groups in total. The molecule has 0 saturated heterocycles. The van der Waals surface area contributed by atoms with Crippen molar-refractivity contribution in [2.75, 3.05) is 5.32 Å². The number of nitro groups is 1. The minimum absolute atomic E-state index is 0.0220. The summed E-state index contributed by atoms with van der Waals surface area (Å²) in [5.41, 5.74) is 0.136. The first kappa shape index (κ1) is 14.5. The Bertz CT molecular complexity index is 680. The summed E-state index contributed by atoms with van der Waals surface area (Å²) in [5.74, 6) is -2.13. The smallest absolute Gasteiger partial charge is 0.395 e. The number of carbonyl (C=O) groups excluding carboxylic acids is 1. The van der Waals surface area contributed by atoms with Gasteiger partial charge in [-0.2, -0.15) is 0 Å². The molecule has 0 radical (unpaired) electrons. The molecule has 104 valence electrons. The fourth-order valence-electron chi connectivity index (χ4n) is 1.38. The third-order valence-corrected chi connectivity index (χ3v) is 3.16. The third kappa shape index (κ3) is 2.97. The summed E-state index contributed by atoms with van der Waals surface area (Å²) in [6.45, 7) is 0. The number of carbonyl (C=O) groups is 1. The first-order valence-electron chi connectivity index (χ1n) is 5.08. The van der Waals surface area contributed by atoms with E-state index in [4.69, 9.17) is 16.0 Å². The zero-order valence-electron chi connectivity index (χ0n) is 9.52. The predicted molar refractivity (Wildman–Crippen MR) is 72.4 cm³/mol. The van der Waals surface area contributed by atoms with Crippen LogP contribution in [0.5, 0.6) is 0 Å². The molecular formula is C11H5BrClFN2O4. The van der Waals surface area contributed by atoms with E-state index in [0.717, 1.165) is 24.3 Å². The number of benzene rings is 1. The molecule has 0 saturated carbocycles. The zero-order chi connectivity index (χ0) is 14.9. The van der Waals surface area contributed by atoms with E-state index in [1.807, 2.05) is 0 Å². The van der Waals surface area contributed by atoms with Crippen LogP contribution in [0.4, 0.5) is 16.0 Å². The van der Waals surface area contributed by atoms with Gasteiger partial charge in [-0.25, -0.2) is 4.39 Å². The third-order valence-electron chi connectivity index (χ3n) is 2.24. The highest BCUT2D eigenvalue weighted by Gasteiger charge is 2.19. The van der Waals surface area contributed by atoms with Crippen LogP contribution in [0.15, 0.2) is 33.2 Å². The quantitative estimate of drug-likeness (QED) is 0.660. The highest BCUT2D eigenvalue weighted by molar-refractivity contribution is 9.10. The summed E-state index contributed by atoms with van der Waals surface area (Å²) in [6, 6.07) is 4.34. The molecule has 0 atom stereocenters. The average Bonchev–Trinajstić information content (AvgIpc) is 2.83. The maximum absolute atomic E-state index is 13.0. The van der Waals surface area contributed by atoms with Gasteiger partial charge < -0.3 is 9.73 Å². The molecule has 0 aliphatic heterocycles. The lowest BCUT2D eigenvalue weighted by Crippen LogP contribution is -2.12. The molecule has 1 amide bonds. The maximum Gasteiger partial charge on any atom is 0.433 e. The van der Waals surface area contributed by atoms with Gasteiger partial charge in [0.15, 0.2) is 5.76 Å². The van der Waals surface area contributed by atoms with Crippen molar-refractivity contribution in [1.29, 1.82) is 0 Å². The monoisotopic (exact) mass is 362 g/mol. The van der Waals surface area contributed by atoms with Gasteiger partial charge in [-0.3, -0.25) is 14.9 Å². The molecule has 1 aromatic heterocycles. The number of anilines is 1. The maximum atomic E-state index is 13.0. The van der Waals surface area contributed by atoms with Crippen LogP contribution in [0.25, 0.3) is 0 Å². The van der Waals surface area contributed by atoms with Crippen LogP contribution in [0.3, 0.4) is 0 Å². The van der Waals surface area contributed by atoms with Gasteiger partial charge in [0.05, 0.1) is 16.8 Å². The van der Waals surface area contributed by atoms with E-state index in [2.05, 4.69) is 21.2 Å². The van der Waals surface area contributed by atoms with Crippen molar-refractivity contribution in [3.8, 4) is 0 Å². The number of rotatable bonds is 3. The van der Waals surface area contributed by atoms with Gasteiger partial charge in [0.1, 0.15) is 10.7 Å². The van der Waals surface area contributed by atoms with Crippen LogP contribution < -0.4 is 5.32 Å². The van der Waals surface area contributed by atoms with Gasteiger partial charge in [-0.05, 0) is 34.1 Å². The number of nitrogens with one attached hydrogen (secondary N) is 1. The van der Waals surface area contributed by atoms with Gasteiger partial charge in [0, 0.05) is 4.47 Å². The summed E-state index contributed by atoms with van der Waals surface area (Å²) >= 11 is 8.85.